The third-order valence-corrected chi connectivity index (χ3v) is 4.80. The Morgan fingerprint density at radius 1 is 1.28 bits per heavy atom. The maximum atomic E-state index is 12.6. The smallest absolute Gasteiger partial charge is 0.272 e. The fourth-order valence-electron chi connectivity index (χ4n) is 3.59. The molecule has 0 unspecified atom stereocenters. The number of amides is 1. The lowest BCUT2D eigenvalue weighted by Gasteiger charge is -2.38. The number of nitrogens with zero attached hydrogens (tertiary/aromatic N) is 5. The molecular weight excluding hydrogens is 320 g/mol. The van der Waals surface area contributed by atoms with Gasteiger partial charge in [-0.25, -0.2) is 19.9 Å². The van der Waals surface area contributed by atoms with Crippen molar-refractivity contribution < 1.29 is 9.53 Å². The molecule has 2 saturated heterocycles. The first kappa shape index (κ1) is 15.9. The van der Waals surface area contributed by atoms with Gasteiger partial charge < -0.3 is 15.0 Å². The Hall–Kier alpha value is -2.61. The second-order valence-electron chi connectivity index (χ2n) is 6.51. The molecule has 0 saturated carbocycles. The van der Waals surface area contributed by atoms with Crippen molar-refractivity contribution >= 4 is 11.9 Å². The summed E-state index contributed by atoms with van der Waals surface area (Å²) in [5, 5.41) is 3.38. The van der Waals surface area contributed by atoms with Crippen molar-refractivity contribution in [3.05, 3.63) is 42.7 Å². The first-order valence-electron chi connectivity index (χ1n) is 8.47. The number of likely N-dealkylation sites (tertiary alicyclic amines) is 1. The zero-order valence-electron chi connectivity index (χ0n) is 13.8. The van der Waals surface area contributed by atoms with Gasteiger partial charge in [0.1, 0.15) is 12.0 Å². The number of nitrogens with one attached hydrogen (secondary N) is 1. The molecule has 25 heavy (non-hydrogen) atoms. The summed E-state index contributed by atoms with van der Waals surface area (Å²) in [5.74, 6) is 0.570. The quantitative estimate of drug-likeness (QED) is 0.895. The maximum Gasteiger partial charge on any atom is 0.272 e. The first-order valence-corrected chi connectivity index (χ1v) is 8.47. The summed E-state index contributed by atoms with van der Waals surface area (Å²) in [6.45, 7) is 1.93. The fourth-order valence-corrected chi connectivity index (χ4v) is 3.59. The van der Waals surface area contributed by atoms with Crippen molar-refractivity contribution in [3.8, 4) is 0 Å². The van der Waals surface area contributed by atoms with Crippen molar-refractivity contribution in [1.82, 2.24) is 24.8 Å². The largest absolute Gasteiger partial charge is 0.373 e. The van der Waals surface area contributed by atoms with E-state index in [9.17, 15) is 4.79 Å². The van der Waals surface area contributed by atoms with E-state index in [1.165, 1.54) is 6.33 Å². The van der Waals surface area contributed by atoms with Crippen LogP contribution < -0.4 is 5.32 Å². The molecule has 8 nitrogen and oxygen atoms in total. The number of anilines is 1. The second kappa shape index (κ2) is 6.72. The van der Waals surface area contributed by atoms with E-state index in [0.29, 0.717) is 31.3 Å². The highest BCUT2D eigenvalue weighted by Crippen LogP contribution is 2.35. The van der Waals surface area contributed by atoms with Crippen molar-refractivity contribution in [2.45, 2.75) is 30.9 Å². The van der Waals surface area contributed by atoms with E-state index in [4.69, 9.17) is 4.74 Å². The molecule has 2 aromatic rings. The van der Waals surface area contributed by atoms with Crippen LogP contribution in [0.4, 0.5) is 5.95 Å². The standard InChI is InChI=1S/C17H20N6O2/c24-15(14-2-7-18-12-21-14)23-8-4-17(11-23)10-13(3-9-25-17)22-16-19-5-1-6-20-16/h1-2,5-7,12-13H,3-4,8-11H2,(H,19,20,22)/t13-,17-/m0/s1. The van der Waals surface area contributed by atoms with E-state index in [2.05, 4.69) is 25.3 Å². The van der Waals surface area contributed by atoms with Gasteiger partial charge >= 0.3 is 0 Å². The van der Waals surface area contributed by atoms with Crippen molar-refractivity contribution in [1.29, 1.82) is 0 Å². The SMILES string of the molecule is O=C(c1ccncn1)N1CC[C@]2(C[C@@H](Nc3ncccn3)CCO2)C1. The van der Waals surface area contributed by atoms with Gasteiger partial charge in [0.2, 0.25) is 5.95 Å². The molecule has 0 aliphatic carbocycles. The predicted molar refractivity (Wildman–Crippen MR) is 89.9 cm³/mol. The number of aromatic nitrogens is 4. The molecule has 1 amide bonds. The Morgan fingerprint density at radius 2 is 2.16 bits per heavy atom. The van der Waals surface area contributed by atoms with Crippen LogP contribution in [0.2, 0.25) is 0 Å². The number of carbonyl (C=O) groups excluding carboxylic acids is 1. The molecule has 1 spiro atoms. The van der Waals surface area contributed by atoms with Gasteiger partial charge in [-0.15, -0.1) is 0 Å². The summed E-state index contributed by atoms with van der Waals surface area (Å²) in [5.41, 5.74) is 0.128. The minimum Gasteiger partial charge on any atom is -0.373 e. The topological polar surface area (TPSA) is 93.1 Å². The minimum atomic E-state index is -0.298. The lowest BCUT2D eigenvalue weighted by atomic mass is 9.89. The molecule has 4 heterocycles. The minimum absolute atomic E-state index is 0.0654. The molecule has 0 aromatic carbocycles. The number of hydrogen-bond acceptors (Lipinski definition) is 7. The molecule has 2 fully saturated rings. The molecule has 4 rings (SSSR count). The van der Waals surface area contributed by atoms with Crippen LogP contribution in [0, 0.1) is 0 Å². The molecule has 0 bridgehead atoms. The Bertz CT molecular complexity index is 728. The van der Waals surface area contributed by atoms with Crippen LogP contribution in [-0.4, -0.2) is 62.1 Å². The molecule has 2 atom stereocenters. The average molecular weight is 340 g/mol. The highest BCUT2D eigenvalue weighted by Gasteiger charge is 2.45. The highest BCUT2D eigenvalue weighted by molar-refractivity contribution is 5.92. The third kappa shape index (κ3) is 3.43. The zero-order valence-corrected chi connectivity index (χ0v) is 13.8. The van der Waals surface area contributed by atoms with Crippen LogP contribution in [0.15, 0.2) is 37.1 Å². The van der Waals surface area contributed by atoms with E-state index >= 15 is 0 Å². The number of carbonyl (C=O) groups is 1. The van der Waals surface area contributed by atoms with E-state index < -0.39 is 0 Å². The monoisotopic (exact) mass is 340 g/mol. The van der Waals surface area contributed by atoms with Gasteiger partial charge in [0, 0.05) is 37.8 Å². The molecule has 130 valence electrons. The summed E-state index contributed by atoms with van der Waals surface area (Å²) in [6, 6.07) is 3.68. The fraction of sp³-hybridized carbons (Fsp3) is 0.471. The summed E-state index contributed by atoms with van der Waals surface area (Å²) < 4.78 is 6.10. The van der Waals surface area contributed by atoms with Crippen LogP contribution in [0.1, 0.15) is 29.8 Å². The molecule has 2 aliphatic rings. The van der Waals surface area contributed by atoms with Gasteiger partial charge in [-0.2, -0.15) is 0 Å². The van der Waals surface area contributed by atoms with Crippen molar-refractivity contribution in [2.24, 2.45) is 0 Å². The van der Waals surface area contributed by atoms with Crippen LogP contribution in [-0.2, 0) is 4.74 Å². The molecular formula is C17H20N6O2. The van der Waals surface area contributed by atoms with Gasteiger partial charge in [0.05, 0.1) is 12.1 Å². The molecule has 1 N–H and O–H groups in total. The van der Waals surface area contributed by atoms with E-state index in [1.54, 1.807) is 30.7 Å². The summed E-state index contributed by atoms with van der Waals surface area (Å²) in [7, 11) is 0. The summed E-state index contributed by atoms with van der Waals surface area (Å²) in [4.78, 5) is 30.8. The Morgan fingerprint density at radius 3 is 2.96 bits per heavy atom. The summed E-state index contributed by atoms with van der Waals surface area (Å²) in [6.07, 6.45) is 9.00. The molecule has 2 aromatic heterocycles. The predicted octanol–water partition coefficient (Wildman–Crippen LogP) is 1.14. The Kier molecular flexibility index (Phi) is 4.27. The lowest BCUT2D eigenvalue weighted by molar-refractivity contribution is -0.0721. The second-order valence-corrected chi connectivity index (χ2v) is 6.51. The number of rotatable bonds is 3. The third-order valence-electron chi connectivity index (χ3n) is 4.80. The van der Waals surface area contributed by atoms with Crippen molar-refractivity contribution in [3.63, 3.8) is 0 Å². The maximum absolute atomic E-state index is 12.6. The molecule has 8 heteroatoms. The normalized spacial score (nSPS) is 25.9. The first-order chi connectivity index (χ1) is 12.2. The number of hydrogen-bond donors (Lipinski definition) is 1. The van der Waals surface area contributed by atoms with Gasteiger partial charge in [-0.3, -0.25) is 4.79 Å². The zero-order chi connectivity index (χ0) is 17.1. The van der Waals surface area contributed by atoms with Crippen LogP contribution in [0.3, 0.4) is 0 Å². The average Bonchev–Trinajstić information content (AvgIpc) is 3.06. The van der Waals surface area contributed by atoms with Gasteiger partial charge in [0.15, 0.2) is 0 Å². The van der Waals surface area contributed by atoms with E-state index in [0.717, 1.165) is 19.3 Å². The molecule has 2 aliphatic heterocycles. The van der Waals surface area contributed by atoms with Gasteiger partial charge in [-0.05, 0) is 31.4 Å². The number of ether oxygens (including phenoxy) is 1. The highest BCUT2D eigenvalue weighted by atomic mass is 16.5. The van der Waals surface area contributed by atoms with Crippen molar-refractivity contribution in [2.75, 3.05) is 25.0 Å². The Balaban J connectivity index is 1.41. The van der Waals surface area contributed by atoms with E-state index in [1.807, 2.05) is 4.90 Å². The lowest BCUT2D eigenvalue weighted by Crippen LogP contribution is -2.47. The van der Waals surface area contributed by atoms with Crippen LogP contribution in [0.25, 0.3) is 0 Å². The van der Waals surface area contributed by atoms with Crippen LogP contribution >= 0.6 is 0 Å². The van der Waals surface area contributed by atoms with Gasteiger partial charge in [0.25, 0.3) is 5.91 Å². The van der Waals surface area contributed by atoms with Gasteiger partial charge in [-0.1, -0.05) is 0 Å². The van der Waals surface area contributed by atoms with Crippen LogP contribution in [0.5, 0.6) is 0 Å². The van der Waals surface area contributed by atoms with E-state index in [-0.39, 0.29) is 17.6 Å². The Labute approximate surface area is 145 Å². The molecule has 0 radical (unpaired) electrons. The summed E-state index contributed by atoms with van der Waals surface area (Å²) >= 11 is 0.